The van der Waals surface area contributed by atoms with Crippen LogP contribution in [-0.2, 0) is 23.3 Å². The number of carboxylic acids is 1. The zero-order chi connectivity index (χ0) is 15.8. The lowest BCUT2D eigenvalue weighted by Gasteiger charge is -2.36. The van der Waals surface area contributed by atoms with Crippen molar-refractivity contribution in [2.24, 2.45) is 0 Å². The van der Waals surface area contributed by atoms with Crippen molar-refractivity contribution in [3.05, 3.63) is 34.9 Å². The van der Waals surface area contributed by atoms with Crippen LogP contribution in [0.3, 0.4) is 0 Å². The molecular weight excluding hydrogens is 262 g/mol. The third-order valence-electron chi connectivity index (χ3n) is 4.97. The van der Waals surface area contributed by atoms with Crippen molar-refractivity contribution in [2.45, 2.75) is 71.5 Å². The van der Waals surface area contributed by atoms with Gasteiger partial charge in [-0.1, -0.05) is 52.8 Å². The van der Waals surface area contributed by atoms with Gasteiger partial charge in [0.2, 0.25) is 0 Å². The topological polar surface area (TPSA) is 40.5 Å². The van der Waals surface area contributed by atoms with E-state index in [-0.39, 0.29) is 5.41 Å². The van der Waals surface area contributed by atoms with E-state index in [1.807, 2.05) is 13.8 Å². The fraction of sp³-hybridized carbons (Fsp3) is 0.611. The van der Waals surface area contributed by atoms with Gasteiger partial charge in [-0.15, -0.1) is 0 Å². The molecule has 0 saturated carbocycles. The van der Waals surface area contributed by atoms with Crippen molar-refractivity contribution in [3.8, 4) is 0 Å². The lowest BCUT2D eigenvalue weighted by molar-refractivity contribution is -0.153. The Kier molecular flexibility index (Phi) is 4.16. The fourth-order valence-electron chi connectivity index (χ4n) is 3.30. The molecule has 1 heterocycles. The Morgan fingerprint density at radius 1 is 1.14 bits per heavy atom. The maximum absolute atomic E-state index is 11.8. The summed E-state index contributed by atoms with van der Waals surface area (Å²) in [5.74, 6) is -0.698. The van der Waals surface area contributed by atoms with Crippen LogP contribution in [0.1, 0.15) is 64.2 Å². The summed E-state index contributed by atoms with van der Waals surface area (Å²) in [6.07, 6.45) is 1.28. The highest BCUT2D eigenvalue weighted by atomic mass is 16.4. The highest BCUT2D eigenvalue weighted by molar-refractivity contribution is 5.78. The summed E-state index contributed by atoms with van der Waals surface area (Å²) in [6, 6.07) is 6.61. The van der Waals surface area contributed by atoms with Crippen LogP contribution in [0.25, 0.3) is 0 Å². The van der Waals surface area contributed by atoms with Crippen molar-refractivity contribution < 1.29 is 9.90 Å². The minimum atomic E-state index is -0.735. The maximum Gasteiger partial charge on any atom is 0.324 e. The molecule has 1 aromatic rings. The first-order valence-electron chi connectivity index (χ1n) is 7.85. The van der Waals surface area contributed by atoms with Gasteiger partial charge < -0.3 is 5.11 Å². The van der Waals surface area contributed by atoms with Gasteiger partial charge in [-0.25, -0.2) is 0 Å². The van der Waals surface area contributed by atoms with Crippen LogP contribution in [0.5, 0.6) is 0 Å². The zero-order valence-corrected chi connectivity index (χ0v) is 13.9. The first-order chi connectivity index (χ1) is 9.74. The number of rotatable bonds is 4. The molecule has 1 aromatic carbocycles. The SMILES string of the molecule is CCC(CC)(C(=O)O)N1Cc2ccc(C(C)(C)C)cc2C1. The first-order valence-corrected chi connectivity index (χ1v) is 7.85. The van der Waals surface area contributed by atoms with Crippen LogP contribution >= 0.6 is 0 Å². The van der Waals surface area contributed by atoms with E-state index in [1.165, 1.54) is 16.7 Å². The maximum atomic E-state index is 11.8. The smallest absolute Gasteiger partial charge is 0.324 e. The van der Waals surface area contributed by atoms with Crippen LogP contribution in [0.15, 0.2) is 18.2 Å². The molecule has 3 heteroatoms. The molecule has 0 saturated heterocycles. The molecule has 1 aliphatic rings. The summed E-state index contributed by atoms with van der Waals surface area (Å²) in [5, 5.41) is 9.71. The van der Waals surface area contributed by atoms with E-state index < -0.39 is 11.5 Å². The van der Waals surface area contributed by atoms with Gasteiger partial charge in [-0.05, 0) is 34.9 Å². The number of carboxylic acid groups (broad SMARTS) is 1. The van der Waals surface area contributed by atoms with E-state index in [1.54, 1.807) is 0 Å². The quantitative estimate of drug-likeness (QED) is 0.912. The Bertz CT molecular complexity index is 539. The van der Waals surface area contributed by atoms with Gasteiger partial charge in [-0.2, -0.15) is 0 Å². The molecule has 0 bridgehead atoms. The van der Waals surface area contributed by atoms with E-state index >= 15 is 0 Å². The van der Waals surface area contributed by atoms with Crippen molar-refractivity contribution in [1.29, 1.82) is 0 Å². The normalized spacial score (nSPS) is 16.0. The van der Waals surface area contributed by atoms with Crippen molar-refractivity contribution >= 4 is 5.97 Å². The molecule has 0 radical (unpaired) electrons. The number of nitrogens with zero attached hydrogens (tertiary/aromatic N) is 1. The lowest BCUT2D eigenvalue weighted by atomic mass is 9.85. The Morgan fingerprint density at radius 2 is 1.71 bits per heavy atom. The minimum absolute atomic E-state index is 0.127. The van der Waals surface area contributed by atoms with Gasteiger partial charge in [0.15, 0.2) is 0 Å². The summed E-state index contributed by atoms with van der Waals surface area (Å²) < 4.78 is 0. The first kappa shape index (κ1) is 16.0. The Labute approximate surface area is 128 Å². The largest absolute Gasteiger partial charge is 0.480 e. The molecule has 2 rings (SSSR count). The van der Waals surface area contributed by atoms with Gasteiger partial charge in [0.25, 0.3) is 0 Å². The highest BCUT2D eigenvalue weighted by Crippen LogP contribution is 2.35. The molecule has 0 fully saturated rings. The van der Waals surface area contributed by atoms with Crippen LogP contribution in [0.4, 0.5) is 0 Å². The third-order valence-corrected chi connectivity index (χ3v) is 4.97. The molecule has 0 aliphatic carbocycles. The van der Waals surface area contributed by atoms with Crippen LogP contribution < -0.4 is 0 Å². The van der Waals surface area contributed by atoms with Gasteiger partial charge in [0, 0.05) is 13.1 Å². The Morgan fingerprint density at radius 3 is 2.19 bits per heavy atom. The van der Waals surface area contributed by atoms with Crippen molar-refractivity contribution in [2.75, 3.05) is 0 Å². The second kappa shape index (κ2) is 5.45. The van der Waals surface area contributed by atoms with Crippen molar-refractivity contribution in [1.82, 2.24) is 4.90 Å². The molecule has 116 valence electrons. The Hall–Kier alpha value is -1.35. The average Bonchev–Trinajstić information content (AvgIpc) is 2.82. The molecule has 0 amide bonds. The second-order valence-corrected chi connectivity index (χ2v) is 7.13. The van der Waals surface area contributed by atoms with E-state index in [4.69, 9.17) is 0 Å². The molecule has 1 N–H and O–H groups in total. The molecular formula is C18H27NO2. The van der Waals surface area contributed by atoms with Gasteiger partial charge in [-0.3, -0.25) is 9.69 Å². The van der Waals surface area contributed by atoms with E-state index in [0.29, 0.717) is 12.8 Å². The van der Waals surface area contributed by atoms with Crippen LogP contribution in [-0.4, -0.2) is 21.5 Å². The summed E-state index contributed by atoms with van der Waals surface area (Å²) in [5.41, 5.74) is 3.27. The monoisotopic (exact) mass is 289 g/mol. The molecule has 21 heavy (non-hydrogen) atoms. The molecule has 1 aliphatic heterocycles. The number of carbonyl (C=O) groups is 1. The fourth-order valence-corrected chi connectivity index (χ4v) is 3.30. The average molecular weight is 289 g/mol. The second-order valence-electron chi connectivity index (χ2n) is 7.13. The summed E-state index contributed by atoms with van der Waals surface area (Å²) in [7, 11) is 0. The van der Waals surface area contributed by atoms with Gasteiger partial charge >= 0.3 is 5.97 Å². The number of aliphatic carboxylic acids is 1. The number of benzene rings is 1. The van der Waals surface area contributed by atoms with Crippen LogP contribution in [0.2, 0.25) is 0 Å². The van der Waals surface area contributed by atoms with E-state index in [9.17, 15) is 9.90 Å². The van der Waals surface area contributed by atoms with Gasteiger partial charge in [0.1, 0.15) is 5.54 Å². The molecule has 0 atom stereocenters. The number of hydrogen-bond acceptors (Lipinski definition) is 2. The summed E-state index contributed by atoms with van der Waals surface area (Å²) in [4.78, 5) is 13.9. The predicted octanol–water partition coefficient (Wildman–Crippen LogP) is 3.94. The van der Waals surface area contributed by atoms with Gasteiger partial charge in [0.05, 0.1) is 0 Å². The highest BCUT2D eigenvalue weighted by Gasteiger charge is 2.43. The number of hydrogen-bond donors (Lipinski definition) is 1. The number of fused-ring (bicyclic) bond motifs is 1. The standard InChI is InChI=1S/C18H27NO2/c1-6-18(7-2,16(20)21)19-11-13-8-9-15(17(3,4)5)10-14(13)12-19/h8-10H,6-7,11-12H2,1-5H3,(H,20,21). The molecule has 0 unspecified atom stereocenters. The zero-order valence-electron chi connectivity index (χ0n) is 13.9. The molecule has 3 nitrogen and oxygen atoms in total. The van der Waals surface area contributed by atoms with E-state index in [0.717, 1.165) is 13.1 Å². The Balaban J connectivity index is 2.33. The lowest BCUT2D eigenvalue weighted by Crippen LogP contribution is -2.51. The van der Waals surface area contributed by atoms with Crippen molar-refractivity contribution in [3.63, 3.8) is 0 Å². The molecule has 0 aromatic heterocycles. The predicted molar refractivity (Wildman–Crippen MR) is 85.3 cm³/mol. The molecule has 0 spiro atoms. The summed E-state index contributed by atoms with van der Waals surface area (Å²) in [6.45, 7) is 12.1. The van der Waals surface area contributed by atoms with Crippen LogP contribution in [0, 0.1) is 0 Å². The minimum Gasteiger partial charge on any atom is -0.480 e. The van der Waals surface area contributed by atoms with E-state index in [2.05, 4.69) is 43.9 Å². The summed E-state index contributed by atoms with van der Waals surface area (Å²) >= 11 is 0. The third kappa shape index (κ3) is 2.71.